The van der Waals surface area contributed by atoms with Gasteiger partial charge in [0, 0.05) is 18.9 Å². The van der Waals surface area contributed by atoms with E-state index in [2.05, 4.69) is 22.8 Å². The van der Waals surface area contributed by atoms with E-state index in [0.29, 0.717) is 0 Å². The van der Waals surface area contributed by atoms with Crippen LogP contribution in [0.1, 0.15) is 43.7 Å². The highest BCUT2D eigenvalue weighted by atomic mass is 16.6. The van der Waals surface area contributed by atoms with Crippen LogP contribution in [0.3, 0.4) is 0 Å². The van der Waals surface area contributed by atoms with Gasteiger partial charge in [0.1, 0.15) is 18.2 Å². The Balaban J connectivity index is 1.44. The van der Waals surface area contributed by atoms with E-state index >= 15 is 0 Å². The molecule has 4 rings (SSSR count). The first-order valence-electron chi connectivity index (χ1n) is 11.6. The highest BCUT2D eigenvalue weighted by Crippen LogP contribution is 2.44. The number of fused-ring (bicyclic) bond motifs is 3. The lowest BCUT2D eigenvalue weighted by molar-refractivity contribution is -0.143. The summed E-state index contributed by atoms with van der Waals surface area (Å²) in [7, 11) is 0. The highest BCUT2D eigenvalue weighted by Gasteiger charge is 2.45. The van der Waals surface area contributed by atoms with Crippen molar-refractivity contribution >= 4 is 18.0 Å². The molecule has 2 amide bonds. The zero-order valence-corrected chi connectivity index (χ0v) is 19.4. The largest absolute Gasteiger partial charge is 0.480 e. The molecule has 1 fully saturated rings. The minimum absolute atomic E-state index is 0.0446. The van der Waals surface area contributed by atoms with E-state index in [1.807, 2.05) is 50.2 Å². The van der Waals surface area contributed by atoms with Crippen molar-refractivity contribution < 1.29 is 29.0 Å². The number of carboxylic acid groups (broad SMARTS) is 1. The summed E-state index contributed by atoms with van der Waals surface area (Å²) in [6, 6.07) is 15.0. The first kappa shape index (κ1) is 23.8. The van der Waals surface area contributed by atoms with Gasteiger partial charge in [-0.3, -0.25) is 4.79 Å². The maximum absolute atomic E-state index is 13.1. The predicted octanol–water partition coefficient (Wildman–Crippen LogP) is 3.30. The van der Waals surface area contributed by atoms with Gasteiger partial charge in [-0.05, 0) is 34.6 Å². The third-order valence-electron chi connectivity index (χ3n) is 6.45. The molecular formula is C26H30N2O6. The van der Waals surface area contributed by atoms with Crippen molar-refractivity contribution in [3.63, 3.8) is 0 Å². The van der Waals surface area contributed by atoms with Crippen molar-refractivity contribution in [2.75, 3.05) is 19.8 Å². The molecule has 1 aliphatic heterocycles. The second-order valence-electron chi connectivity index (χ2n) is 9.33. The molecular weight excluding hydrogens is 436 g/mol. The van der Waals surface area contributed by atoms with Crippen LogP contribution in [-0.4, -0.2) is 54.5 Å². The lowest BCUT2D eigenvalue weighted by atomic mass is 9.96. The van der Waals surface area contributed by atoms with Gasteiger partial charge in [0.2, 0.25) is 5.91 Å². The van der Waals surface area contributed by atoms with Gasteiger partial charge in [-0.15, -0.1) is 0 Å². The summed E-state index contributed by atoms with van der Waals surface area (Å²) in [5, 5.41) is 14.7. The first-order chi connectivity index (χ1) is 16.3. The Labute approximate surface area is 198 Å². The number of ether oxygens (including phenoxy) is 2. The minimum Gasteiger partial charge on any atom is -0.480 e. The van der Waals surface area contributed by atoms with E-state index in [-0.39, 0.29) is 44.5 Å². The van der Waals surface area contributed by atoms with E-state index in [9.17, 15) is 19.5 Å². The summed E-state index contributed by atoms with van der Waals surface area (Å²) < 4.78 is 11.0. The Hall–Kier alpha value is -3.39. The maximum atomic E-state index is 13.1. The van der Waals surface area contributed by atoms with Crippen LogP contribution in [0.2, 0.25) is 0 Å². The highest BCUT2D eigenvalue weighted by molar-refractivity contribution is 5.93. The molecule has 0 radical (unpaired) electrons. The molecule has 0 saturated carbocycles. The number of amides is 2. The third kappa shape index (κ3) is 4.77. The molecule has 1 saturated heterocycles. The van der Waals surface area contributed by atoms with E-state index in [1.165, 1.54) is 0 Å². The van der Waals surface area contributed by atoms with E-state index < -0.39 is 29.6 Å². The standard InChI is InChI=1S/C26H30N2O6/c1-16(2)13-22(23(29)30)27-24(31)26(11-12-33-15-26)28-25(32)34-14-21-19-9-5-3-7-17(19)18-8-4-6-10-20(18)21/h3-10,16,21-22H,11-15H2,1-2H3,(H,27,31)(H,28,32)(H,29,30)/t22-,26?/m0/s1. The van der Waals surface area contributed by atoms with Gasteiger partial charge >= 0.3 is 12.1 Å². The number of nitrogens with one attached hydrogen (secondary N) is 2. The molecule has 2 atom stereocenters. The molecule has 1 unspecified atom stereocenters. The fourth-order valence-corrected chi connectivity index (χ4v) is 4.72. The van der Waals surface area contributed by atoms with Crippen molar-refractivity contribution in [1.29, 1.82) is 0 Å². The molecule has 0 spiro atoms. The lowest BCUT2D eigenvalue weighted by Gasteiger charge is -2.29. The van der Waals surface area contributed by atoms with Crippen LogP contribution in [0.15, 0.2) is 48.5 Å². The van der Waals surface area contributed by atoms with E-state index in [1.54, 1.807) is 0 Å². The Morgan fingerprint density at radius 1 is 1.09 bits per heavy atom. The smallest absolute Gasteiger partial charge is 0.408 e. The molecule has 2 aliphatic rings. The van der Waals surface area contributed by atoms with Gasteiger partial charge in [0.25, 0.3) is 0 Å². The lowest BCUT2D eigenvalue weighted by Crippen LogP contribution is -2.62. The molecule has 1 aliphatic carbocycles. The van der Waals surface area contributed by atoms with Gasteiger partial charge in [0.05, 0.1) is 6.61 Å². The fraction of sp³-hybridized carbons (Fsp3) is 0.423. The number of rotatable bonds is 8. The average molecular weight is 467 g/mol. The summed E-state index contributed by atoms with van der Waals surface area (Å²) in [4.78, 5) is 37.5. The first-order valence-corrected chi connectivity index (χ1v) is 11.6. The zero-order chi connectivity index (χ0) is 24.3. The van der Waals surface area contributed by atoms with Crippen LogP contribution in [0.4, 0.5) is 4.79 Å². The Kier molecular flexibility index (Phi) is 6.88. The Morgan fingerprint density at radius 2 is 1.71 bits per heavy atom. The molecule has 2 aromatic rings. The Bertz CT molecular complexity index is 1030. The molecule has 0 bridgehead atoms. The molecule has 34 heavy (non-hydrogen) atoms. The SMILES string of the molecule is CC(C)C[C@H](NC(=O)C1(NC(=O)OCC2c3ccccc3-c3ccccc32)CCOC1)C(=O)O. The summed E-state index contributed by atoms with van der Waals surface area (Å²) in [6.07, 6.45) is -0.224. The molecule has 0 aromatic heterocycles. The van der Waals surface area contributed by atoms with Crippen LogP contribution in [0.5, 0.6) is 0 Å². The van der Waals surface area contributed by atoms with Crippen LogP contribution in [-0.2, 0) is 19.1 Å². The molecule has 2 aromatic carbocycles. The number of benzene rings is 2. The van der Waals surface area contributed by atoms with Crippen molar-refractivity contribution in [1.82, 2.24) is 10.6 Å². The van der Waals surface area contributed by atoms with Crippen LogP contribution < -0.4 is 10.6 Å². The Morgan fingerprint density at radius 3 is 2.24 bits per heavy atom. The molecule has 8 nitrogen and oxygen atoms in total. The number of hydrogen-bond donors (Lipinski definition) is 3. The quantitative estimate of drug-likeness (QED) is 0.550. The maximum Gasteiger partial charge on any atom is 0.408 e. The molecule has 8 heteroatoms. The second-order valence-corrected chi connectivity index (χ2v) is 9.33. The van der Waals surface area contributed by atoms with E-state index in [0.717, 1.165) is 22.3 Å². The van der Waals surface area contributed by atoms with Gasteiger partial charge in [-0.1, -0.05) is 62.4 Å². The topological polar surface area (TPSA) is 114 Å². The van der Waals surface area contributed by atoms with E-state index in [4.69, 9.17) is 9.47 Å². The van der Waals surface area contributed by atoms with Crippen molar-refractivity contribution in [2.24, 2.45) is 5.92 Å². The van der Waals surface area contributed by atoms with Crippen molar-refractivity contribution in [3.8, 4) is 11.1 Å². The van der Waals surface area contributed by atoms with Gasteiger partial charge in [-0.2, -0.15) is 0 Å². The molecule has 1 heterocycles. The number of carboxylic acids is 1. The van der Waals surface area contributed by atoms with Crippen LogP contribution in [0, 0.1) is 5.92 Å². The van der Waals surface area contributed by atoms with Crippen molar-refractivity contribution in [2.45, 2.75) is 44.2 Å². The number of hydrogen-bond acceptors (Lipinski definition) is 5. The average Bonchev–Trinajstić information content (AvgIpc) is 3.40. The van der Waals surface area contributed by atoms with Gasteiger partial charge in [0.15, 0.2) is 0 Å². The number of aliphatic carboxylic acids is 1. The van der Waals surface area contributed by atoms with Gasteiger partial charge in [-0.25, -0.2) is 9.59 Å². The number of alkyl carbamates (subject to hydrolysis) is 1. The van der Waals surface area contributed by atoms with Crippen LogP contribution >= 0.6 is 0 Å². The van der Waals surface area contributed by atoms with Crippen LogP contribution in [0.25, 0.3) is 11.1 Å². The minimum atomic E-state index is -1.37. The zero-order valence-electron chi connectivity index (χ0n) is 19.4. The summed E-state index contributed by atoms with van der Waals surface area (Å²) in [5.41, 5.74) is 3.05. The normalized spacial score (nSPS) is 19.9. The van der Waals surface area contributed by atoms with Crippen molar-refractivity contribution in [3.05, 3.63) is 59.7 Å². The fourth-order valence-electron chi connectivity index (χ4n) is 4.72. The predicted molar refractivity (Wildman–Crippen MR) is 125 cm³/mol. The number of carbonyl (C=O) groups is 3. The second kappa shape index (κ2) is 9.85. The molecule has 3 N–H and O–H groups in total. The number of carbonyl (C=O) groups excluding carboxylic acids is 2. The summed E-state index contributed by atoms with van der Waals surface area (Å²) in [6.45, 7) is 4.11. The summed E-state index contributed by atoms with van der Waals surface area (Å²) in [5.74, 6) is -1.72. The monoisotopic (exact) mass is 466 g/mol. The molecule has 180 valence electrons. The third-order valence-corrected chi connectivity index (χ3v) is 6.45. The summed E-state index contributed by atoms with van der Waals surface area (Å²) >= 11 is 0. The van der Waals surface area contributed by atoms with Gasteiger partial charge < -0.3 is 25.2 Å².